The summed E-state index contributed by atoms with van der Waals surface area (Å²) in [7, 11) is 0. The quantitative estimate of drug-likeness (QED) is 0.806. The van der Waals surface area contributed by atoms with E-state index < -0.39 is 0 Å². The number of aryl methyl sites for hydroxylation is 1. The van der Waals surface area contributed by atoms with E-state index in [1.165, 1.54) is 19.3 Å². The van der Waals surface area contributed by atoms with Gasteiger partial charge in [-0.25, -0.2) is 0 Å². The Morgan fingerprint density at radius 1 is 1.31 bits per heavy atom. The number of hydrogen-bond donors (Lipinski definition) is 1. The van der Waals surface area contributed by atoms with Gasteiger partial charge in [0.2, 0.25) is 0 Å². The minimum Gasteiger partial charge on any atom is -0.330 e. The second kappa shape index (κ2) is 3.33. The Labute approximate surface area is 98.0 Å². The van der Waals surface area contributed by atoms with Crippen molar-refractivity contribution in [3.05, 3.63) is 34.9 Å². The predicted octanol–water partition coefficient (Wildman–Crippen LogP) is 2.87. The fraction of sp³-hybridized carbons (Fsp3) is 0.600. The smallest absolute Gasteiger partial charge is 0.00375 e. The van der Waals surface area contributed by atoms with Crippen molar-refractivity contribution < 1.29 is 0 Å². The molecule has 1 nitrogen and oxygen atoms in total. The Morgan fingerprint density at radius 3 is 2.81 bits per heavy atom. The molecule has 1 aromatic carbocycles. The highest BCUT2D eigenvalue weighted by Gasteiger charge is 2.57. The van der Waals surface area contributed by atoms with Crippen molar-refractivity contribution in [2.75, 3.05) is 6.54 Å². The van der Waals surface area contributed by atoms with Crippen LogP contribution < -0.4 is 5.73 Å². The Kier molecular flexibility index (Phi) is 2.16. The first-order valence-electron chi connectivity index (χ1n) is 6.47. The molecule has 2 atom stereocenters. The Balaban J connectivity index is 2.00. The molecular formula is C15H21N. The third kappa shape index (κ3) is 1.27. The summed E-state index contributed by atoms with van der Waals surface area (Å²) in [6, 6.07) is 6.88. The zero-order valence-electron chi connectivity index (χ0n) is 10.3. The fourth-order valence-corrected chi connectivity index (χ4v) is 3.74. The highest BCUT2D eigenvalue weighted by molar-refractivity contribution is 5.45. The van der Waals surface area contributed by atoms with E-state index in [1.54, 1.807) is 16.7 Å². The van der Waals surface area contributed by atoms with Crippen molar-refractivity contribution in [2.24, 2.45) is 17.1 Å². The minimum atomic E-state index is 0.423. The molecule has 86 valence electrons. The van der Waals surface area contributed by atoms with E-state index in [2.05, 4.69) is 32.0 Å². The molecule has 1 heteroatoms. The first kappa shape index (κ1) is 10.3. The highest BCUT2D eigenvalue weighted by atomic mass is 14.7. The van der Waals surface area contributed by atoms with Crippen LogP contribution >= 0.6 is 0 Å². The molecule has 16 heavy (non-hydrogen) atoms. The molecule has 2 aliphatic carbocycles. The van der Waals surface area contributed by atoms with E-state index >= 15 is 0 Å². The molecule has 2 N–H and O–H groups in total. The van der Waals surface area contributed by atoms with Crippen LogP contribution in [-0.4, -0.2) is 6.54 Å². The topological polar surface area (TPSA) is 26.0 Å². The predicted molar refractivity (Wildman–Crippen MR) is 67.5 cm³/mol. The average Bonchev–Trinajstić information content (AvgIpc) is 2.65. The van der Waals surface area contributed by atoms with Crippen molar-refractivity contribution in [3.63, 3.8) is 0 Å². The van der Waals surface area contributed by atoms with E-state index in [-0.39, 0.29) is 0 Å². The van der Waals surface area contributed by atoms with Crippen molar-refractivity contribution in [1.29, 1.82) is 0 Å². The molecule has 0 amide bonds. The molecule has 3 rings (SSSR count). The molecule has 2 aliphatic rings. The van der Waals surface area contributed by atoms with Gasteiger partial charge in [-0.05, 0) is 59.7 Å². The van der Waals surface area contributed by atoms with Gasteiger partial charge in [-0.2, -0.15) is 0 Å². The minimum absolute atomic E-state index is 0.423. The van der Waals surface area contributed by atoms with Crippen LogP contribution in [0.1, 0.15) is 42.9 Å². The SMILES string of the molecule is CC1(C)[C@@H](CN)[C@@H]1c1cccc2c1CCC2. The molecule has 0 aromatic heterocycles. The second-order valence-electron chi connectivity index (χ2n) is 5.98. The standard InChI is InChI=1S/C15H21N/c1-15(2)13(9-16)14(15)12-8-4-6-10-5-3-7-11(10)12/h4,6,8,13-14H,3,5,7,9,16H2,1-2H3/t13-,14-/m0/s1. The molecule has 1 fully saturated rings. The number of rotatable bonds is 2. The van der Waals surface area contributed by atoms with Crippen molar-refractivity contribution in [3.8, 4) is 0 Å². The van der Waals surface area contributed by atoms with E-state index in [4.69, 9.17) is 5.73 Å². The van der Waals surface area contributed by atoms with Gasteiger partial charge in [0.25, 0.3) is 0 Å². The van der Waals surface area contributed by atoms with E-state index in [1.807, 2.05) is 0 Å². The second-order valence-corrected chi connectivity index (χ2v) is 5.98. The molecule has 0 heterocycles. The van der Waals surface area contributed by atoms with Crippen LogP contribution in [0.15, 0.2) is 18.2 Å². The van der Waals surface area contributed by atoms with Gasteiger partial charge in [0.05, 0.1) is 0 Å². The van der Waals surface area contributed by atoms with Gasteiger partial charge in [-0.1, -0.05) is 32.0 Å². The first-order chi connectivity index (χ1) is 7.66. The molecule has 0 bridgehead atoms. The number of nitrogens with two attached hydrogens (primary N) is 1. The van der Waals surface area contributed by atoms with Crippen LogP contribution in [0.4, 0.5) is 0 Å². The molecule has 0 unspecified atom stereocenters. The summed E-state index contributed by atoms with van der Waals surface area (Å²) in [6.07, 6.45) is 3.91. The maximum Gasteiger partial charge on any atom is -0.00375 e. The molecule has 0 radical (unpaired) electrons. The normalized spacial score (nSPS) is 30.2. The Morgan fingerprint density at radius 2 is 2.12 bits per heavy atom. The summed E-state index contributed by atoms with van der Waals surface area (Å²) in [6.45, 7) is 5.56. The lowest BCUT2D eigenvalue weighted by molar-refractivity contribution is 0.558. The van der Waals surface area contributed by atoms with Crippen LogP contribution in [0, 0.1) is 11.3 Å². The molecule has 0 saturated heterocycles. The third-order valence-electron chi connectivity index (χ3n) is 4.82. The van der Waals surface area contributed by atoms with Gasteiger partial charge in [-0.15, -0.1) is 0 Å². The summed E-state index contributed by atoms with van der Waals surface area (Å²) in [4.78, 5) is 0. The average molecular weight is 215 g/mol. The summed E-state index contributed by atoms with van der Waals surface area (Å²) in [5.74, 6) is 1.41. The van der Waals surface area contributed by atoms with Gasteiger partial charge in [-0.3, -0.25) is 0 Å². The first-order valence-corrected chi connectivity index (χ1v) is 6.47. The summed E-state index contributed by atoms with van der Waals surface area (Å²) in [5.41, 5.74) is 11.2. The lowest BCUT2D eigenvalue weighted by Crippen LogP contribution is -2.05. The largest absolute Gasteiger partial charge is 0.330 e. The van der Waals surface area contributed by atoms with Crippen LogP contribution in [0.25, 0.3) is 0 Å². The molecule has 0 aliphatic heterocycles. The van der Waals surface area contributed by atoms with Crippen molar-refractivity contribution in [2.45, 2.75) is 39.0 Å². The lowest BCUT2D eigenvalue weighted by Gasteiger charge is -2.09. The van der Waals surface area contributed by atoms with Gasteiger partial charge in [0, 0.05) is 0 Å². The zero-order valence-corrected chi connectivity index (χ0v) is 10.3. The van der Waals surface area contributed by atoms with Crippen molar-refractivity contribution in [1.82, 2.24) is 0 Å². The van der Waals surface area contributed by atoms with Gasteiger partial charge in [0.1, 0.15) is 0 Å². The van der Waals surface area contributed by atoms with Gasteiger partial charge in [0.15, 0.2) is 0 Å². The van der Waals surface area contributed by atoms with Gasteiger partial charge < -0.3 is 5.73 Å². The van der Waals surface area contributed by atoms with E-state index in [9.17, 15) is 0 Å². The van der Waals surface area contributed by atoms with Gasteiger partial charge >= 0.3 is 0 Å². The van der Waals surface area contributed by atoms with Crippen LogP contribution in [0.3, 0.4) is 0 Å². The number of fused-ring (bicyclic) bond motifs is 1. The van der Waals surface area contributed by atoms with E-state index in [0.29, 0.717) is 17.3 Å². The molecule has 1 saturated carbocycles. The fourth-order valence-electron chi connectivity index (χ4n) is 3.74. The Hall–Kier alpha value is -0.820. The van der Waals surface area contributed by atoms with Crippen molar-refractivity contribution >= 4 is 0 Å². The lowest BCUT2D eigenvalue weighted by atomic mass is 9.96. The third-order valence-corrected chi connectivity index (χ3v) is 4.82. The number of hydrogen-bond acceptors (Lipinski definition) is 1. The van der Waals surface area contributed by atoms with E-state index in [0.717, 1.165) is 6.54 Å². The summed E-state index contributed by atoms with van der Waals surface area (Å²) >= 11 is 0. The maximum absolute atomic E-state index is 5.88. The Bertz CT molecular complexity index is 419. The van der Waals surface area contributed by atoms with Crippen LogP contribution in [0.5, 0.6) is 0 Å². The van der Waals surface area contributed by atoms with Crippen LogP contribution in [-0.2, 0) is 12.8 Å². The molecule has 1 aromatic rings. The van der Waals surface area contributed by atoms with Crippen LogP contribution in [0.2, 0.25) is 0 Å². The summed E-state index contributed by atoms with van der Waals surface area (Å²) < 4.78 is 0. The highest BCUT2D eigenvalue weighted by Crippen LogP contribution is 2.64. The molecular weight excluding hydrogens is 194 g/mol. The zero-order chi connectivity index (χ0) is 11.3. The monoisotopic (exact) mass is 215 g/mol. The molecule has 0 spiro atoms. The summed E-state index contributed by atoms with van der Waals surface area (Å²) in [5, 5.41) is 0. The number of benzene rings is 1. The maximum atomic E-state index is 5.88.